The Labute approximate surface area is 249 Å². The van der Waals surface area contributed by atoms with Crippen LogP contribution in [0, 0.1) is 10.1 Å². The molecule has 1 aromatic heterocycles. The monoisotopic (exact) mass is 629 g/mol. The molecule has 15 heteroatoms. The molecule has 232 valence electrons. The van der Waals surface area contributed by atoms with E-state index in [4.69, 9.17) is 34.5 Å². The second-order valence-corrected chi connectivity index (χ2v) is 12.5. The molecule has 1 N–H and O–H groups in total. The van der Waals surface area contributed by atoms with Crippen molar-refractivity contribution in [3.63, 3.8) is 0 Å². The van der Waals surface area contributed by atoms with E-state index < -0.39 is 42.3 Å². The maximum atomic E-state index is 13.8. The Bertz CT molecular complexity index is 1250. The van der Waals surface area contributed by atoms with E-state index in [0.717, 1.165) is 0 Å². The molecule has 0 aliphatic carbocycles. The summed E-state index contributed by atoms with van der Waals surface area (Å²) < 4.78 is 42.2. The van der Waals surface area contributed by atoms with Crippen molar-refractivity contribution in [1.82, 2.24) is 9.99 Å². The van der Waals surface area contributed by atoms with E-state index in [2.05, 4.69) is 11.9 Å². The molecule has 2 aromatic rings. The zero-order valence-corrected chi connectivity index (χ0v) is 25.7. The van der Waals surface area contributed by atoms with Crippen LogP contribution in [0.4, 0.5) is 10.7 Å². The summed E-state index contributed by atoms with van der Waals surface area (Å²) in [6.45, 7) is 8.59. The van der Waals surface area contributed by atoms with Crippen molar-refractivity contribution in [2.75, 3.05) is 26.1 Å². The van der Waals surface area contributed by atoms with Crippen LogP contribution in [0.2, 0.25) is 0 Å². The molecule has 2 rings (SSSR count). The number of furan rings is 1. The van der Waals surface area contributed by atoms with Gasteiger partial charge in [-0.05, 0) is 64.4 Å². The molecule has 0 spiro atoms. The molecule has 2 atom stereocenters. The lowest BCUT2D eigenvalue weighted by Crippen LogP contribution is -2.45. The van der Waals surface area contributed by atoms with Crippen molar-refractivity contribution < 1.29 is 42.0 Å². The number of alkyl carbamates (subject to hydrolysis) is 1. The first kappa shape index (κ1) is 34.8. The van der Waals surface area contributed by atoms with Crippen LogP contribution >= 0.6 is 19.3 Å². The van der Waals surface area contributed by atoms with E-state index in [-0.39, 0.29) is 31.1 Å². The van der Waals surface area contributed by atoms with Crippen LogP contribution in [0.5, 0.6) is 5.75 Å². The number of ether oxygens (including phenoxy) is 2. The molecule has 42 heavy (non-hydrogen) atoms. The molecule has 0 fully saturated rings. The van der Waals surface area contributed by atoms with Gasteiger partial charge in [0, 0.05) is 18.8 Å². The van der Waals surface area contributed by atoms with Gasteiger partial charge in [-0.2, -0.15) is 0 Å². The number of nitrogens with zero attached hydrogens (tertiary/aromatic N) is 2. The highest BCUT2D eigenvalue weighted by Crippen LogP contribution is 2.52. The smallest absolute Gasteiger partial charge is 0.460 e. The number of rotatable bonds is 17. The summed E-state index contributed by atoms with van der Waals surface area (Å²) in [5.74, 6) is -0.411. The lowest BCUT2D eigenvalue weighted by molar-refractivity contribution is -0.402. The summed E-state index contributed by atoms with van der Waals surface area (Å²) in [5.41, 5.74) is -0.134. The van der Waals surface area contributed by atoms with Crippen LogP contribution in [0.15, 0.2) is 53.5 Å². The van der Waals surface area contributed by atoms with Crippen LogP contribution in [0.1, 0.15) is 44.9 Å². The first-order chi connectivity index (χ1) is 19.8. The van der Waals surface area contributed by atoms with Gasteiger partial charge in [-0.15, -0.1) is 11.6 Å². The van der Waals surface area contributed by atoms with Gasteiger partial charge in [-0.3, -0.25) is 14.6 Å². The van der Waals surface area contributed by atoms with E-state index in [9.17, 15) is 24.3 Å². The molecule has 1 amide bonds. The van der Waals surface area contributed by atoms with Gasteiger partial charge in [0.25, 0.3) is 0 Å². The van der Waals surface area contributed by atoms with E-state index in [0.29, 0.717) is 30.8 Å². The lowest BCUT2D eigenvalue weighted by Gasteiger charge is -2.27. The fraction of sp³-hybridized carbons (Fsp3) is 0.481. The van der Waals surface area contributed by atoms with Crippen LogP contribution in [-0.4, -0.2) is 59.4 Å². The van der Waals surface area contributed by atoms with Gasteiger partial charge in [-0.25, -0.2) is 18.8 Å². The van der Waals surface area contributed by atoms with Crippen LogP contribution < -0.4 is 9.84 Å². The normalized spacial score (nSPS) is 13.6. The minimum atomic E-state index is -3.96. The van der Waals surface area contributed by atoms with Crippen molar-refractivity contribution in [1.29, 1.82) is 0 Å². The van der Waals surface area contributed by atoms with E-state index in [1.54, 1.807) is 40.0 Å². The van der Waals surface area contributed by atoms with Crippen molar-refractivity contribution in [3.8, 4) is 5.75 Å². The molecule has 0 radical (unpaired) electrons. The molecule has 0 aliphatic heterocycles. The molecular formula is C27H37ClN3O10P. The number of nitro groups is 1. The average molecular weight is 630 g/mol. The molecule has 0 saturated heterocycles. The largest absolute Gasteiger partial charge is 0.461 e. The maximum absolute atomic E-state index is 13.8. The Morgan fingerprint density at radius 3 is 2.48 bits per heavy atom. The molecule has 1 aromatic carbocycles. The number of carbonyl (C=O) groups is 2. The number of benzene rings is 1. The average Bonchev–Trinajstić information content (AvgIpc) is 3.40. The second kappa shape index (κ2) is 16.3. The SMILES string of the molecule is C=CCOC(=O)C(Cc1ccc(OP(=O)(OCc2ccc([N+](=O)[O-])o2)N(C)CCCCCl)cc1)NC(=O)OC(C)(C)C. The van der Waals surface area contributed by atoms with Crippen molar-refractivity contribution in [2.45, 2.75) is 58.3 Å². The van der Waals surface area contributed by atoms with Gasteiger partial charge < -0.3 is 23.7 Å². The van der Waals surface area contributed by atoms with E-state index >= 15 is 0 Å². The number of hydrogen-bond donors (Lipinski definition) is 1. The lowest BCUT2D eigenvalue weighted by atomic mass is 10.1. The first-order valence-corrected chi connectivity index (χ1v) is 15.1. The number of esters is 1. The standard InChI is InChI=1S/C27H37ClN3O10P/c1-6-17-37-25(32)23(29-26(33)40-27(2,3)4)18-20-9-11-21(12-10-20)41-42(36,30(5)16-8-7-15-28)38-19-22-13-14-24(39-22)31(34)35/h6,9-14,23H,1,7-8,15-19H2,2-5H3,(H,29,33). The summed E-state index contributed by atoms with van der Waals surface area (Å²) in [5, 5.41) is 13.4. The highest BCUT2D eigenvalue weighted by Gasteiger charge is 2.33. The van der Waals surface area contributed by atoms with Gasteiger partial charge in [-0.1, -0.05) is 24.8 Å². The molecule has 13 nitrogen and oxygen atoms in total. The first-order valence-electron chi connectivity index (χ1n) is 13.1. The zero-order chi connectivity index (χ0) is 31.3. The van der Waals surface area contributed by atoms with Crippen LogP contribution in [0.25, 0.3) is 0 Å². The predicted octanol–water partition coefficient (Wildman–Crippen LogP) is 6.01. The molecule has 0 bridgehead atoms. The fourth-order valence-corrected chi connectivity index (χ4v) is 5.02. The molecule has 2 unspecified atom stereocenters. The number of alkyl halides is 1. The van der Waals surface area contributed by atoms with Gasteiger partial charge >= 0.3 is 25.7 Å². The quantitative estimate of drug-likeness (QED) is 0.0415. The Morgan fingerprint density at radius 2 is 1.90 bits per heavy atom. The van der Waals surface area contributed by atoms with Crippen molar-refractivity contribution in [3.05, 3.63) is 70.5 Å². The summed E-state index contributed by atoms with van der Waals surface area (Å²) in [6, 6.07) is 7.82. The van der Waals surface area contributed by atoms with Crippen LogP contribution in [-0.2, 0) is 36.4 Å². The third-order valence-electron chi connectivity index (χ3n) is 5.38. The molecule has 0 saturated carbocycles. The molecule has 0 aliphatic rings. The third kappa shape index (κ3) is 11.8. The highest BCUT2D eigenvalue weighted by atomic mass is 35.5. The molecular weight excluding hydrogens is 593 g/mol. The van der Waals surface area contributed by atoms with E-state index in [1.165, 1.54) is 35.0 Å². The number of carbonyl (C=O) groups excluding carboxylic acids is 2. The van der Waals surface area contributed by atoms with Gasteiger partial charge in [0.1, 0.15) is 41.3 Å². The summed E-state index contributed by atoms with van der Waals surface area (Å²) in [4.78, 5) is 35.1. The minimum absolute atomic E-state index is 0.0306. The van der Waals surface area contributed by atoms with Crippen molar-refractivity contribution in [2.24, 2.45) is 0 Å². The Hall–Kier alpha value is -3.38. The second-order valence-electron chi connectivity index (χ2n) is 10.1. The Balaban J connectivity index is 2.18. The Kier molecular flexibility index (Phi) is 13.5. The number of nitrogens with one attached hydrogen (secondary N) is 1. The van der Waals surface area contributed by atoms with Gasteiger partial charge in [0.2, 0.25) is 0 Å². The summed E-state index contributed by atoms with van der Waals surface area (Å²) in [7, 11) is -2.39. The maximum Gasteiger partial charge on any atom is 0.461 e. The highest BCUT2D eigenvalue weighted by molar-refractivity contribution is 7.51. The van der Waals surface area contributed by atoms with Gasteiger partial charge in [0.15, 0.2) is 0 Å². The fourth-order valence-electron chi connectivity index (χ4n) is 3.38. The predicted molar refractivity (Wildman–Crippen MR) is 155 cm³/mol. The third-order valence-corrected chi connectivity index (χ3v) is 7.58. The number of amides is 1. The summed E-state index contributed by atoms with van der Waals surface area (Å²) >= 11 is 5.77. The molecule has 1 heterocycles. The van der Waals surface area contributed by atoms with Crippen LogP contribution in [0.3, 0.4) is 0 Å². The zero-order valence-electron chi connectivity index (χ0n) is 24.1. The Morgan fingerprint density at radius 1 is 1.21 bits per heavy atom. The van der Waals surface area contributed by atoms with Gasteiger partial charge in [0.05, 0.1) is 6.07 Å². The topological polar surface area (TPSA) is 160 Å². The van der Waals surface area contributed by atoms with E-state index in [1.807, 2.05) is 0 Å². The summed E-state index contributed by atoms with van der Waals surface area (Å²) in [6.07, 6.45) is 2.00. The number of hydrogen-bond acceptors (Lipinski definition) is 10. The minimum Gasteiger partial charge on any atom is -0.460 e. The van der Waals surface area contributed by atoms with Crippen molar-refractivity contribution >= 4 is 37.3 Å². The number of halogens is 1. The number of unbranched alkanes of at least 4 members (excludes halogenated alkanes) is 1.